The summed E-state index contributed by atoms with van der Waals surface area (Å²) in [4.78, 5) is 52.0. The summed E-state index contributed by atoms with van der Waals surface area (Å²) in [5.74, 6) is -0.953. The zero-order chi connectivity index (χ0) is 27.4. The van der Waals surface area contributed by atoms with Crippen molar-refractivity contribution in [2.24, 2.45) is 7.05 Å². The average molecular weight is 546 g/mol. The third kappa shape index (κ3) is 4.18. The highest BCUT2D eigenvalue weighted by Gasteiger charge is 2.37. The van der Waals surface area contributed by atoms with Crippen molar-refractivity contribution in [2.45, 2.75) is 38.4 Å². The van der Waals surface area contributed by atoms with Crippen LogP contribution in [0.25, 0.3) is 15.9 Å². The average Bonchev–Trinajstić information content (AvgIpc) is 3.16. The van der Waals surface area contributed by atoms with Crippen LogP contribution < -0.4 is 16.1 Å². The second kappa shape index (κ2) is 9.43. The van der Waals surface area contributed by atoms with Gasteiger partial charge in [0.1, 0.15) is 5.56 Å². The van der Waals surface area contributed by atoms with E-state index in [-0.39, 0.29) is 41.1 Å². The topological polar surface area (TPSA) is 92.3 Å². The maximum atomic E-state index is 13.8. The Bertz CT molecular complexity index is 1760. The van der Waals surface area contributed by atoms with Crippen LogP contribution in [0.4, 0.5) is 13.2 Å². The quantitative estimate of drug-likeness (QED) is 0.361. The molecule has 0 fully saturated rings. The van der Waals surface area contributed by atoms with Crippen LogP contribution in [0.2, 0.25) is 0 Å². The molecule has 0 saturated heterocycles. The van der Waals surface area contributed by atoms with Gasteiger partial charge in [-0.25, -0.2) is 9.59 Å². The van der Waals surface area contributed by atoms with Crippen LogP contribution in [0.15, 0.2) is 57.0 Å². The highest BCUT2D eigenvalue weighted by molar-refractivity contribution is 7.16. The molecule has 2 aromatic carbocycles. The lowest BCUT2D eigenvalue weighted by Gasteiger charge is -2.29. The van der Waals surface area contributed by atoms with Crippen molar-refractivity contribution in [3.63, 3.8) is 0 Å². The summed E-state index contributed by atoms with van der Waals surface area (Å²) in [7, 11) is 1.61. The maximum Gasteiger partial charge on any atom is 0.416 e. The molecule has 12 heteroatoms. The van der Waals surface area contributed by atoms with Gasteiger partial charge in [-0.3, -0.25) is 18.7 Å². The second-order valence-electron chi connectivity index (χ2n) is 8.95. The number of rotatable bonds is 4. The van der Waals surface area contributed by atoms with E-state index in [4.69, 9.17) is 4.74 Å². The maximum absolute atomic E-state index is 13.8. The predicted octanol–water partition coefficient (Wildman–Crippen LogP) is 4.03. The minimum Gasteiger partial charge on any atom is -0.462 e. The fourth-order valence-electron chi connectivity index (χ4n) is 5.01. The minimum absolute atomic E-state index is 0.0253. The van der Waals surface area contributed by atoms with Crippen LogP contribution >= 0.6 is 11.3 Å². The Hall–Kier alpha value is -3.93. The molecule has 0 spiro atoms. The van der Waals surface area contributed by atoms with E-state index in [0.717, 1.165) is 32.7 Å². The molecule has 1 aliphatic carbocycles. The van der Waals surface area contributed by atoms with Crippen LogP contribution in [0.3, 0.4) is 0 Å². The molecule has 2 aromatic heterocycles. The first kappa shape index (κ1) is 25.7. The highest BCUT2D eigenvalue weighted by atomic mass is 32.1. The third-order valence-corrected chi connectivity index (χ3v) is 7.76. The Morgan fingerprint density at radius 3 is 2.63 bits per heavy atom. The molecular formula is C26H22F3N3O5S. The Morgan fingerprint density at radius 1 is 1.16 bits per heavy atom. The zero-order valence-electron chi connectivity index (χ0n) is 20.4. The predicted molar refractivity (Wildman–Crippen MR) is 135 cm³/mol. The van der Waals surface area contributed by atoms with Gasteiger partial charge in [-0.05, 0) is 61.6 Å². The van der Waals surface area contributed by atoms with E-state index in [1.807, 2.05) is 0 Å². The van der Waals surface area contributed by atoms with E-state index in [2.05, 4.69) is 0 Å². The number of carbonyl (C=O) groups excluding carboxylic acids is 1. The van der Waals surface area contributed by atoms with Gasteiger partial charge in [0.15, 0.2) is 0 Å². The van der Waals surface area contributed by atoms with E-state index in [1.165, 1.54) is 16.7 Å². The fraction of sp³-hybridized carbons (Fsp3) is 0.308. The molecule has 1 aliphatic rings. The number of aryl methyl sites for hydroxylation is 1. The minimum atomic E-state index is -4.60. The molecule has 0 amide bonds. The van der Waals surface area contributed by atoms with Crippen LogP contribution in [0.1, 0.15) is 52.9 Å². The van der Waals surface area contributed by atoms with Gasteiger partial charge in [0.25, 0.3) is 5.56 Å². The largest absolute Gasteiger partial charge is 0.462 e. The van der Waals surface area contributed by atoms with Gasteiger partial charge in [-0.2, -0.15) is 13.2 Å². The van der Waals surface area contributed by atoms with Gasteiger partial charge >= 0.3 is 22.7 Å². The van der Waals surface area contributed by atoms with Crippen molar-refractivity contribution in [3.8, 4) is 5.69 Å². The Balaban J connectivity index is 1.78. The lowest BCUT2D eigenvalue weighted by Crippen LogP contribution is -2.45. The molecule has 1 atom stereocenters. The third-order valence-electron chi connectivity index (χ3n) is 6.76. The first-order valence-corrected chi connectivity index (χ1v) is 12.7. The number of nitrogens with zero attached hydrogens (tertiary/aromatic N) is 3. The van der Waals surface area contributed by atoms with Gasteiger partial charge in [-0.15, -0.1) is 0 Å². The van der Waals surface area contributed by atoms with Crippen LogP contribution in [-0.4, -0.2) is 26.3 Å². The molecule has 0 N–H and O–H groups in total. The zero-order valence-corrected chi connectivity index (χ0v) is 21.2. The lowest BCUT2D eigenvalue weighted by atomic mass is 9.84. The normalized spacial score (nSPS) is 15.4. The molecule has 5 rings (SSSR count). The summed E-state index contributed by atoms with van der Waals surface area (Å²) in [6, 6.07) is 7.49. The number of hydrogen-bond acceptors (Lipinski definition) is 6. The van der Waals surface area contributed by atoms with Crippen LogP contribution in [0.5, 0.6) is 0 Å². The molecule has 0 saturated carbocycles. The Labute approximate surface area is 217 Å². The molecule has 8 nitrogen and oxygen atoms in total. The molecule has 0 radical (unpaired) electrons. The summed E-state index contributed by atoms with van der Waals surface area (Å²) >= 11 is 0.967. The van der Waals surface area contributed by atoms with Gasteiger partial charge in [0.2, 0.25) is 0 Å². The summed E-state index contributed by atoms with van der Waals surface area (Å²) in [6.45, 7) is 1.54. The monoisotopic (exact) mass is 545 g/mol. The van der Waals surface area contributed by atoms with Crippen LogP contribution in [0, 0.1) is 0 Å². The molecule has 198 valence electrons. The number of carbonyl (C=O) groups is 1. The van der Waals surface area contributed by atoms with Crippen molar-refractivity contribution in [2.75, 3.05) is 6.61 Å². The van der Waals surface area contributed by atoms with Crippen LogP contribution in [-0.2, 0) is 24.4 Å². The lowest BCUT2D eigenvalue weighted by molar-refractivity contribution is -0.138. The number of aromatic nitrogens is 3. The molecular weight excluding hydrogens is 523 g/mol. The van der Waals surface area contributed by atoms with Crippen molar-refractivity contribution in [1.29, 1.82) is 0 Å². The summed E-state index contributed by atoms with van der Waals surface area (Å²) in [5, 5.41) is 0. The van der Waals surface area contributed by atoms with Crippen molar-refractivity contribution in [3.05, 3.63) is 95.4 Å². The standard InChI is InChI=1S/C26H22F3N3O5S/c1-3-37-23(34)17-13-31(14-10-11-20-21(12-14)38-25(36)30(20)2)24(35)32(22(17)33)19-9-5-6-15-16(19)7-4-8-18(15)26(27,28)29/h4,7-8,10-13,19H,3,5-6,9H2,1-2H3. The second-order valence-corrected chi connectivity index (χ2v) is 9.94. The number of thiazole rings is 1. The van der Waals surface area contributed by atoms with Gasteiger partial charge in [0, 0.05) is 13.2 Å². The fourth-order valence-corrected chi connectivity index (χ4v) is 5.92. The number of ether oxygens (including phenoxy) is 1. The van der Waals surface area contributed by atoms with E-state index in [1.54, 1.807) is 32.2 Å². The first-order valence-electron chi connectivity index (χ1n) is 11.9. The van der Waals surface area contributed by atoms with Crippen molar-refractivity contribution in [1.82, 2.24) is 13.7 Å². The Kier molecular flexibility index (Phi) is 6.38. The number of fused-ring (bicyclic) bond motifs is 2. The van der Waals surface area contributed by atoms with E-state index in [9.17, 15) is 32.3 Å². The van der Waals surface area contributed by atoms with Gasteiger partial charge in [0.05, 0.1) is 34.1 Å². The first-order chi connectivity index (χ1) is 18.0. The molecule has 2 heterocycles. The summed E-state index contributed by atoms with van der Waals surface area (Å²) in [6.07, 6.45) is -2.83. The van der Waals surface area contributed by atoms with Gasteiger partial charge < -0.3 is 9.30 Å². The van der Waals surface area contributed by atoms with E-state index < -0.39 is 40.6 Å². The summed E-state index contributed by atoms with van der Waals surface area (Å²) in [5.41, 5.74) is -1.82. The molecule has 0 aliphatic heterocycles. The van der Waals surface area contributed by atoms with E-state index in [0.29, 0.717) is 16.6 Å². The van der Waals surface area contributed by atoms with E-state index >= 15 is 0 Å². The molecule has 0 bridgehead atoms. The van der Waals surface area contributed by atoms with Crippen molar-refractivity contribution < 1.29 is 22.7 Å². The number of hydrogen-bond donors (Lipinski definition) is 0. The number of benzene rings is 2. The number of alkyl halides is 3. The Morgan fingerprint density at radius 2 is 1.92 bits per heavy atom. The van der Waals surface area contributed by atoms with Gasteiger partial charge in [-0.1, -0.05) is 23.5 Å². The molecule has 38 heavy (non-hydrogen) atoms. The SMILES string of the molecule is CCOC(=O)c1cn(-c2ccc3c(c2)sc(=O)n3C)c(=O)n(C2CCCc3c2cccc3C(F)(F)F)c1=O. The van der Waals surface area contributed by atoms with Crippen molar-refractivity contribution >= 4 is 27.5 Å². The smallest absolute Gasteiger partial charge is 0.416 e. The number of halogens is 3. The molecule has 1 unspecified atom stereocenters. The highest BCUT2D eigenvalue weighted by Crippen LogP contribution is 2.40. The molecule has 4 aromatic rings. The number of esters is 1. The summed E-state index contributed by atoms with van der Waals surface area (Å²) < 4.78 is 50.3.